The van der Waals surface area contributed by atoms with Crippen LogP contribution in [0.1, 0.15) is 18.4 Å². The number of anilines is 1. The summed E-state index contributed by atoms with van der Waals surface area (Å²) >= 11 is 3.57. The molecule has 102 valence electrons. The van der Waals surface area contributed by atoms with E-state index in [0.29, 0.717) is 6.04 Å². The van der Waals surface area contributed by atoms with Crippen LogP contribution >= 0.6 is 15.9 Å². The molecule has 0 spiro atoms. The van der Waals surface area contributed by atoms with Crippen LogP contribution in [0.4, 0.5) is 5.69 Å². The highest BCUT2D eigenvalue weighted by atomic mass is 79.9. The number of amides is 1. The van der Waals surface area contributed by atoms with Gasteiger partial charge in [-0.3, -0.25) is 9.69 Å². The number of piperidine rings is 1. The maximum Gasteiger partial charge on any atom is 0.224 e. The Morgan fingerprint density at radius 1 is 1.47 bits per heavy atom. The van der Waals surface area contributed by atoms with E-state index in [9.17, 15) is 4.79 Å². The number of carbonyl (C=O) groups excluding carboxylic acids is 1. The van der Waals surface area contributed by atoms with Crippen molar-refractivity contribution < 1.29 is 4.79 Å². The number of nitrogens with one attached hydrogen (secondary N) is 1. The van der Waals surface area contributed by atoms with Crippen molar-refractivity contribution in [3.63, 3.8) is 0 Å². The van der Waals surface area contributed by atoms with Crippen molar-refractivity contribution in [1.29, 1.82) is 0 Å². The molecule has 1 aromatic carbocycles. The molecule has 1 amide bonds. The zero-order valence-electron chi connectivity index (χ0n) is 10.7. The summed E-state index contributed by atoms with van der Waals surface area (Å²) in [4.78, 5) is 14.2. The molecular formula is C14H18BrN3O. The van der Waals surface area contributed by atoms with E-state index in [2.05, 4.69) is 26.1 Å². The lowest BCUT2D eigenvalue weighted by atomic mass is 9.91. The zero-order chi connectivity index (χ0) is 13.4. The summed E-state index contributed by atoms with van der Waals surface area (Å²) in [5.74, 6) is 0.382. The monoisotopic (exact) mass is 323 g/mol. The molecule has 2 fully saturated rings. The first-order chi connectivity index (χ1) is 9.16. The molecule has 0 aliphatic carbocycles. The predicted molar refractivity (Wildman–Crippen MR) is 78.5 cm³/mol. The number of nitrogen functional groups attached to an aromatic ring is 1. The summed E-state index contributed by atoms with van der Waals surface area (Å²) in [6.45, 7) is 2.62. The number of benzene rings is 1. The molecular weight excluding hydrogens is 306 g/mol. The van der Waals surface area contributed by atoms with Gasteiger partial charge in [-0.1, -0.05) is 22.0 Å². The van der Waals surface area contributed by atoms with Crippen molar-refractivity contribution in [3.05, 3.63) is 28.2 Å². The van der Waals surface area contributed by atoms with Crippen LogP contribution in [0.25, 0.3) is 0 Å². The van der Waals surface area contributed by atoms with Crippen LogP contribution < -0.4 is 11.1 Å². The molecule has 4 nitrogen and oxygen atoms in total. The van der Waals surface area contributed by atoms with E-state index in [-0.39, 0.29) is 11.8 Å². The van der Waals surface area contributed by atoms with E-state index in [1.165, 1.54) is 0 Å². The number of halogens is 1. The molecule has 2 saturated heterocycles. The van der Waals surface area contributed by atoms with Gasteiger partial charge in [-0.25, -0.2) is 0 Å². The zero-order valence-corrected chi connectivity index (χ0v) is 12.3. The van der Waals surface area contributed by atoms with Crippen LogP contribution in [0.2, 0.25) is 0 Å². The fraction of sp³-hybridized carbons (Fsp3) is 0.500. The third-order valence-electron chi connectivity index (χ3n) is 4.23. The molecule has 3 N–H and O–H groups in total. The van der Waals surface area contributed by atoms with Crippen LogP contribution in [-0.2, 0) is 11.3 Å². The van der Waals surface area contributed by atoms with E-state index in [0.717, 1.165) is 48.2 Å². The average molecular weight is 324 g/mol. The van der Waals surface area contributed by atoms with Crippen molar-refractivity contribution in [3.8, 4) is 0 Å². The second-order valence-corrected chi connectivity index (χ2v) is 6.19. The van der Waals surface area contributed by atoms with Crippen LogP contribution in [0.5, 0.6) is 0 Å². The molecule has 2 atom stereocenters. The molecule has 2 aliphatic heterocycles. The van der Waals surface area contributed by atoms with E-state index in [4.69, 9.17) is 5.73 Å². The summed E-state index contributed by atoms with van der Waals surface area (Å²) in [6, 6.07) is 6.22. The van der Waals surface area contributed by atoms with Gasteiger partial charge < -0.3 is 11.1 Å². The third-order valence-corrected chi connectivity index (χ3v) is 4.98. The van der Waals surface area contributed by atoms with Gasteiger partial charge >= 0.3 is 0 Å². The van der Waals surface area contributed by atoms with Gasteiger partial charge in [0.25, 0.3) is 0 Å². The summed E-state index contributed by atoms with van der Waals surface area (Å²) in [7, 11) is 0. The molecule has 1 aromatic rings. The standard InChI is InChI=1S/C14H18BrN3O/c15-11-4-1-5-12(16)10(11)8-18-6-2-3-9-13(18)7-17-14(9)19/h1,4-5,9,13H,2-3,6-8,16H2,(H,17,19). The third kappa shape index (κ3) is 2.37. The number of hydrogen-bond acceptors (Lipinski definition) is 3. The second kappa shape index (κ2) is 5.13. The smallest absolute Gasteiger partial charge is 0.224 e. The van der Waals surface area contributed by atoms with E-state index >= 15 is 0 Å². The minimum absolute atomic E-state index is 0.164. The van der Waals surface area contributed by atoms with Crippen molar-refractivity contribution in [2.45, 2.75) is 25.4 Å². The van der Waals surface area contributed by atoms with Crippen molar-refractivity contribution >= 4 is 27.5 Å². The lowest BCUT2D eigenvalue weighted by molar-refractivity contribution is -0.124. The molecule has 5 heteroatoms. The Balaban J connectivity index is 1.81. The van der Waals surface area contributed by atoms with Gasteiger partial charge in [0.05, 0.1) is 5.92 Å². The number of likely N-dealkylation sites (tertiary alicyclic amines) is 1. The van der Waals surface area contributed by atoms with Gasteiger partial charge in [-0.2, -0.15) is 0 Å². The van der Waals surface area contributed by atoms with Gasteiger partial charge in [0, 0.05) is 34.9 Å². The Labute approximate surface area is 121 Å². The molecule has 0 radical (unpaired) electrons. The Morgan fingerprint density at radius 3 is 3.11 bits per heavy atom. The second-order valence-electron chi connectivity index (χ2n) is 5.34. The molecule has 2 heterocycles. The van der Waals surface area contributed by atoms with Gasteiger partial charge in [0.2, 0.25) is 5.91 Å². The predicted octanol–water partition coefficient (Wildman–Crippen LogP) is 1.74. The topological polar surface area (TPSA) is 58.4 Å². The lowest BCUT2D eigenvalue weighted by Gasteiger charge is -2.36. The number of nitrogens with zero attached hydrogens (tertiary/aromatic N) is 1. The van der Waals surface area contributed by atoms with Gasteiger partial charge in [-0.05, 0) is 31.5 Å². The maximum atomic E-state index is 11.8. The molecule has 19 heavy (non-hydrogen) atoms. The summed E-state index contributed by atoms with van der Waals surface area (Å²) in [5, 5.41) is 2.98. The summed E-state index contributed by atoms with van der Waals surface area (Å²) in [6.07, 6.45) is 2.09. The Morgan fingerprint density at radius 2 is 2.32 bits per heavy atom. The minimum atomic E-state index is 0.164. The number of fused-ring (bicyclic) bond motifs is 1. The quantitative estimate of drug-likeness (QED) is 0.815. The first-order valence-corrected chi connectivity index (χ1v) is 7.51. The number of hydrogen-bond donors (Lipinski definition) is 2. The maximum absolute atomic E-state index is 11.8. The van der Waals surface area contributed by atoms with Gasteiger partial charge in [0.15, 0.2) is 0 Å². The van der Waals surface area contributed by atoms with Crippen LogP contribution in [0, 0.1) is 5.92 Å². The van der Waals surface area contributed by atoms with Crippen molar-refractivity contribution in [1.82, 2.24) is 10.2 Å². The molecule has 2 unspecified atom stereocenters. The molecule has 0 saturated carbocycles. The first kappa shape index (κ1) is 12.9. The van der Waals surface area contributed by atoms with Crippen LogP contribution in [0.3, 0.4) is 0 Å². The lowest BCUT2D eigenvalue weighted by Crippen LogP contribution is -2.45. The fourth-order valence-electron chi connectivity index (χ4n) is 3.18. The van der Waals surface area contributed by atoms with Gasteiger partial charge in [0.1, 0.15) is 0 Å². The molecule has 0 aromatic heterocycles. The van der Waals surface area contributed by atoms with Crippen molar-refractivity contribution in [2.75, 3.05) is 18.8 Å². The number of rotatable bonds is 2. The largest absolute Gasteiger partial charge is 0.398 e. The fourth-order valence-corrected chi connectivity index (χ4v) is 3.69. The average Bonchev–Trinajstić information content (AvgIpc) is 2.77. The van der Waals surface area contributed by atoms with Crippen molar-refractivity contribution in [2.24, 2.45) is 5.92 Å². The summed E-state index contributed by atoms with van der Waals surface area (Å²) < 4.78 is 1.05. The highest BCUT2D eigenvalue weighted by Gasteiger charge is 2.40. The SMILES string of the molecule is Nc1cccc(Br)c1CN1CCCC2C(=O)NCC21. The first-order valence-electron chi connectivity index (χ1n) is 6.71. The Hall–Kier alpha value is -1.07. The Bertz CT molecular complexity index is 485. The normalized spacial score (nSPS) is 27.1. The van der Waals surface area contributed by atoms with E-state index in [1.54, 1.807) is 0 Å². The van der Waals surface area contributed by atoms with Crippen LogP contribution in [-0.4, -0.2) is 29.9 Å². The molecule has 0 bridgehead atoms. The number of carbonyl (C=O) groups is 1. The number of nitrogens with two attached hydrogens (primary N) is 1. The van der Waals surface area contributed by atoms with Gasteiger partial charge in [-0.15, -0.1) is 0 Å². The van der Waals surface area contributed by atoms with Crippen LogP contribution in [0.15, 0.2) is 22.7 Å². The highest BCUT2D eigenvalue weighted by Crippen LogP contribution is 2.31. The Kier molecular flexibility index (Phi) is 3.50. The molecule has 3 rings (SSSR count). The van der Waals surface area contributed by atoms with E-state index in [1.807, 2.05) is 18.2 Å². The van der Waals surface area contributed by atoms with E-state index < -0.39 is 0 Å². The highest BCUT2D eigenvalue weighted by molar-refractivity contribution is 9.10. The molecule has 2 aliphatic rings. The minimum Gasteiger partial charge on any atom is -0.398 e. The summed E-state index contributed by atoms with van der Waals surface area (Å²) in [5.41, 5.74) is 8.00.